The number of hydrogen-bond donors (Lipinski definition) is 2. The molecule has 0 aliphatic carbocycles. The van der Waals surface area contributed by atoms with E-state index in [9.17, 15) is 9.59 Å². The molecule has 0 aliphatic rings. The molecule has 0 unspecified atom stereocenters. The van der Waals surface area contributed by atoms with E-state index in [1.165, 1.54) is 11.3 Å². The van der Waals surface area contributed by atoms with Crippen LogP contribution >= 0.6 is 11.3 Å². The van der Waals surface area contributed by atoms with Crippen LogP contribution in [0.4, 0.5) is 10.5 Å². The number of amides is 3. The van der Waals surface area contributed by atoms with Crippen LogP contribution in [-0.4, -0.2) is 42.0 Å². The molecule has 0 bridgehead atoms. The van der Waals surface area contributed by atoms with Gasteiger partial charge in [0.2, 0.25) is 0 Å². The van der Waals surface area contributed by atoms with E-state index < -0.39 is 0 Å². The van der Waals surface area contributed by atoms with Crippen molar-refractivity contribution in [3.05, 3.63) is 40.3 Å². The highest BCUT2D eigenvalue weighted by atomic mass is 32.1. The number of nitrogens with one attached hydrogen (secondary N) is 2. The summed E-state index contributed by atoms with van der Waals surface area (Å²) in [6.45, 7) is 5.80. The average Bonchev–Trinajstić information content (AvgIpc) is 3.20. The lowest BCUT2D eigenvalue weighted by Crippen LogP contribution is -2.35. The first-order valence-electron chi connectivity index (χ1n) is 10.00. The molecule has 158 valence electrons. The number of carbonyl (C=O) groups is 2. The number of carbonyl (C=O) groups excluding carboxylic acids is 2. The number of ether oxygens (including phenoxy) is 1. The molecule has 8 heteroatoms. The van der Waals surface area contributed by atoms with Gasteiger partial charge >= 0.3 is 6.03 Å². The molecule has 0 radical (unpaired) electrons. The van der Waals surface area contributed by atoms with E-state index in [1.54, 1.807) is 41.7 Å². The standard InChI is InChI=1S/C21H30N4O3S/c1-4-6-12-22-20(26)18-15-29-19(24-18)14-25(13-7-5-2)21(27)23-16-8-10-17(28-3)11-9-16/h8-11,15H,4-7,12-14H2,1-3H3,(H,22,26)(H,23,27). The molecule has 1 aromatic carbocycles. The summed E-state index contributed by atoms with van der Waals surface area (Å²) in [7, 11) is 1.60. The minimum atomic E-state index is -0.187. The van der Waals surface area contributed by atoms with Gasteiger partial charge in [-0.15, -0.1) is 11.3 Å². The summed E-state index contributed by atoms with van der Waals surface area (Å²) in [5.74, 6) is 0.571. The van der Waals surface area contributed by atoms with Gasteiger partial charge in [0, 0.05) is 24.2 Å². The second-order valence-corrected chi connectivity index (χ2v) is 7.61. The monoisotopic (exact) mass is 418 g/mol. The molecule has 0 saturated heterocycles. The highest BCUT2D eigenvalue weighted by molar-refractivity contribution is 7.09. The molecule has 7 nitrogen and oxygen atoms in total. The summed E-state index contributed by atoms with van der Waals surface area (Å²) in [5.41, 5.74) is 1.11. The van der Waals surface area contributed by atoms with E-state index in [2.05, 4.69) is 29.5 Å². The van der Waals surface area contributed by atoms with Crippen LogP contribution in [0.2, 0.25) is 0 Å². The number of nitrogens with zero attached hydrogens (tertiary/aromatic N) is 2. The van der Waals surface area contributed by atoms with Crippen LogP contribution in [0.25, 0.3) is 0 Å². The summed E-state index contributed by atoms with van der Waals surface area (Å²) in [5, 5.41) is 8.27. The number of anilines is 1. The van der Waals surface area contributed by atoms with Crippen LogP contribution in [0.5, 0.6) is 5.75 Å². The van der Waals surface area contributed by atoms with E-state index in [-0.39, 0.29) is 11.9 Å². The van der Waals surface area contributed by atoms with E-state index in [4.69, 9.17) is 4.74 Å². The lowest BCUT2D eigenvalue weighted by molar-refractivity contribution is 0.0948. The molecule has 1 heterocycles. The zero-order valence-electron chi connectivity index (χ0n) is 17.4. The minimum Gasteiger partial charge on any atom is -0.497 e. The number of thiazole rings is 1. The molecule has 0 saturated carbocycles. The molecular weight excluding hydrogens is 388 g/mol. The van der Waals surface area contributed by atoms with E-state index in [1.807, 2.05) is 0 Å². The van der Waals surface area contributed by atoms with Crippen molar-refractivity contribution in [3.8, 4) is 5.75 Å². The number of urea groups is 1. The molecule has 0 fully saturated rings. The predicted molar refractivity (Wildman–Crippen MR) is 117 cm³/mol. The average molecular weight is 419 g/mol. The fourth-order valence-corrected chi connectivity index (χ4v) is 3.39. The predicted octanol–water partition coefficient (Wildman–Crippen LogP) is 4.52. The maximum atomic E-state index is 12.8. The Morgan fingerprint density at radius 2 is 1.86 bits per heavy atom. The Morgan fingerprint density at radius 3 is 2.52 bits per heavy atom. The fraction of sp³-hybridized carbons (Fsp3) is 0.476. The number of rotatable bonds is 11. The van der Waals surface area contributed by atoms with Crippen LogP contribution in [-0.2, 0) is 6.54 Å². The lowest BCUT2D eigenvalue weighted by atomic mass is 10.3. The van der Waals surface area contributed by atoms with Crippen molar-refractivity contribution in [3.63, 3.8) is 0 Å². The first-order valence-corrected chi connectivity index (χ1v) is 10.9. The summed E-state index contributed by atoms with van der Waals surface area (Å²) in [6.07, 6.45) is 3.85. The summed E-state index contributed by atoms with van der Waals surface area (Å²) in [6, 6.07) is 7.02. The third-order valence-electron chi connectivity index (χ3n) is 4.34. The molecule has 3 amide bonds. The zero-order chi connectivity index (χ0) is 21.1. The Bertz CT molecular complexity index is 776. The maximum Gasteiger partial charge on any atom is 0.322 e. The Balaban J connectivity index is 2.00. The summed E-state index contributed by atoms with van der Waals surface area (Å²) >= 11 is 1.40. The normalized spacial score (nSPS) is 10.4. The fourth-order valence-electron chi connectivity index (χ4n) is 2.60. The van der Waals surface area contributed by atoms with E-state index in [0.29, 0.717) is 31.0 Å². The van der Waals surface area contributed by atoms with Crippen molar-refractivity contribution in [2.24, 2.45) is 0 Å². The van der Waals surface area contributed by atoms with Crippen LogP contribution < -0.4 is 15.4 Å². The number of hydrogen-bond acceptors (Lipinski definition) is 5. The molecule has 2 rings (SSSR count). The molecule has 0 atom stereocenters. The second kappa shape index (κ2) is 12.1. The molecular formula is C21H30N4O3S. The molecule has 1 aromatic heterocycles. The van der Waals surface area contributed by atoms with Crippen molar-refractivity contribution in [2.75, 3.05) is 25.5 Å². The van der Waals surface area contributed by atoms with Gasteiger partial charge in [-0.3, -0.25) is 4.79 Å². The van der Waals surface area contributed by atoms with Crippen molar-refractivity contribution < 1.29 is 14.3 Å². The quantitative estimate of drug-likeness (QED) is 0.526. The summed E-state index contributed by atoms with van der Waals surface area (Å²) < 4.78 is 5.14. The van der Waals surface area contributed by atoms with E-state index in [0.717, 1.165) is 36.4 Å². The van der Waals surface area contributed by atoms with Crippen LogP contribution in [0.1, 0.15) is 55.0 Å². The number of methoxy groups -OCH3 is 1. The van der Waals surface area contributed by atoms with Gasteiger partial charge in [-0.25, -0.2) is 9.78 Å². The number of unbranched alkanes of at least 4 members (excludes halogenated alkanes) is 2. The highest BCUT2D eigenvalue weighted by Crippen LogP contribution is 2.17. The highest BCUT2D eigenvalue weighted by Gasteiger charge is 2.17. The lowest BCUT2D eigenvalue weighted by Gasteiger charge is -2.22. The Hall–Kier alpha value is -2.61. The van der Waals surface area contributed by atoms with Gasteiger partial charge in [-0.1, -0.05) is 26.7 Å². The first kappa shape index (κ1) is 22.7. The third-order valence-corrected chi connectivity index (χ3v) is 5.17. The van der Waals surface area contributed by atoms with Crippen molar-refractivity contribution in [1.29, 1.82) is 0 Å². The number of aromatic nitrogens is 1. The van der Waals surface area contributed by atoms with Gasteiger partial charge in [0.15, 0.2) is 0 Å². The maximum absolute atomic E-state index is 12.8. The van der Waals surface area contributed by atoms with Crippen LogP contribution in [0, 0.1) is 0 Å². The molecule has 29 heavy (non-hydrogen) atoms. The number of benzene rings is 1. The van der Waals surface area contributed by atoms with Gasteiger partial charge in [-0.2, -0.15) is 0 Å². The Morgan fingerprint density at radius 1 is 1.14 bits per heavy atom. The summed E-state index contributed by atoms with van der Waals surface area (Å²) in [4.78, 5) is 31.1. The van der Waals surface area contributed by atoms with Gasteiger partial charge < -0.3 is 20.3 Å². The Labute approximate surface area is 176 Å². The van der Waals surface area contributed by atoms with Crippen molar-refractivity contribution in [2.45, 2.75) is 46.1 Å². The van der Waals surface area contributed by atoms with Gasteiger partial charge in [0.25, 0.3) is 5.91 Å². The van der Waals surface area contributed by atoms with Gasteiger partial charge in [0.1, 0.15) is 16.5 Å². The molecule has 2 N–H and O–H groups in total. The first-order chi connectivity index (χ1) is 14.1. The molecule has 2 aromatic rings. The van der Waals surface area contributed by atoms with Crippen molar-refractivity contribution in [1.82, 2.24) is 15.2 Å². The van der Waals surface area contributed by atoms with Crippen LogP contribution in [0.15, 0.2) is 29.6 Å². The van der Waals surface area contributed by atoms with Crippen molar-refractivity contribution >= 4 is 29.0 Å². The Kier molecular flexibility index (Phi) is 9.43. The smallest absolute Gasteiger partial charge is 0.322 e. The largest absolute Gasteiger partial charge is 0.497 e. The van der Waals surface area contributed by atoms with Gasteiger partial charge in [-0.05, 0) is 37.1 Å². The zero-order valence-corrected chi connectivity index (χ0v) is 18.2. The second-order valence-electron chi connectivity index (χ2n) is 6.67. The van der Waals surface area contributed by atoms with E-state index >= 15 is 0 Å². The molecule has 0 aliphatic heterocycles. The van der Waals surface area contributed by atoms with Gasteiger partial charge in [0.05, 0.1) is 13.7 Å². The van der Waals surface area contributed by atoms with Crippen LogP contribution in [0.3, 0.4) is 0 Å². The SMILES string of the molecule is CCCCNC(=O)c1csc(CN(CCCC)C(=O)Nc2ccc(OC)cc2)n1. The third kappa shape index (κ3) is 7.38. The molecule has 0 spiro atoms. The topological polar surface area (TPSA) is 83.6 Å². The minimum absolute atomic E-state index is 0.163.